The number of aryl methyl sites for hydroxylation is 2. The van der Waals surface area contributed by atoms with Gasteiger partial charge in [0.15, 0.2) is 0 Å². The molecule has 0 saturated heterocycles. The smallest absolute Gasteiger partial charge is 0.265 e. The number of hydrogen-bond donors (Lipinski definition) is 1. The Labute approximate surface area is 133 Å². The molecule has 4 rings (SSSR count). The fraction of sp³-hybridized carbons (Fsp3) is 0.222. The second-order valence-corrected chi connectivity index (χ2v) is 6.77. The molecule has 0 spiro atoms. The van der Waals surface area contributed by atoms with Gasteiger partial charge in [-0.25, -0.2) is 0 Å². The number of nitrogens with one attached hydrogen (secondary N) is 1. The topological polar surface area (TPSA) is 42.0 Å². The number of thiophene rings is 1. The van der Waals surface area contributed by atoms with E-state index in [9.17, 15) is 4.79 Å². The second-order valence-electron chi connectivity index (χ2n) is 5.63. The summed E-state index contributed by atoms with van der Waals surface area (Å²) in [6.07, 6.45) is 6.49. The van der Waals surface area contributed by atoms with Crippen molar-refractivity contribution in [3.8, 4) is 0 Å². The maximum Gasteiger partial charge on any atom is 0.265 e. The molecule has 0 unspecified atom stereocenters. The van der Waals surface area contributed by atoms with Crippen molar-refractivity contribution in [1.29, 1.82) is 0 Å². The summed E-state index contributed by atoms with van der Waals surface area (Å²) in [5.41, 5.74) is 3.12. The zero-order valence-corrected chi connectivity index (χ0v) is 13.0. The van der Waals surface area contributed by atoms with Crippen molar-refractivity contribution in [3.05, 3.63) is 57.9 Å². The van der Waals surface area contributed by atoms with Crippen molar-refractivity contribution in [1.82, 2.24) is 4.98 Å². The first-order valence-corrected chi connectivity index (χ1v) is 8.39. The van der Waals surface area contributed by atoms with Gasteiger partial charge in [0.05, 0.1) is 10.4 Å². The zero-order valence-electron chi connectivity index (χ0n) is 12.1. The van der Waals surface area contributed by atoms with Crippen molar-refractivity contribution in [3.63, 3.8) is 0 Å². The van der Waals surface area contributed by atoms with E-state index < -0.39 is 0 Å². The summed E-state index contributed by atoms with van der Waals surface area (Å²) in [5, 5.41) is 4.04. The van der Waals surface area contributed by atoms with Gasteiger partial charge in [-0.15, -0.1) is 11.3 Å². The summed E-state index contributed by atoms with van der Waals surface area (Å²) in [4.78, 5) is 19.0. The van der Waals surface area contributed by atoms with Crippen LogP contribution < -0.4 is 5.32 Å². The number of anilines is 1. The summed E-state index contributed by atoms with van der Waals surface area (Å²) in [7, 11) is 0. The monoisotopic (exact) mass is 308 g/mol. The maximum atomic E-state index is 12.5. The highest BCUT2D eigenvalue weighted by molar-refractivity contribution is 7.14. The Morgan fingerprint density at radius 3 is 2.95 bits per heavy atom. The molecule has 0 radical (unpaired) electrons. The molecule has 3 nitrogen and oxygen atoms in total. The molecule has 0 fully saturated rings. The van der Waals surface area contributed by atoms with E-state index in [1.165, 1.54) is 23.3 Å². The molecule has 3 aromatic rings. The number of benzene rings is 1. The molecule has 1 aliphatic carbocycles. The Kier molecular flexibility index (Phi) is 3.39. The number of nitrogens with zero attached hydrogens (tertiary/aromatic N) is 1. The lowest BCUT2D eigenvalue weighted by Crippen LogP contribution is -2.10. The van der Waals surface area contributed by atoms with Gasteiger partial charge < -0.3 is 5.32 Å². The van der Waals surface area contributed by atoms with Gasteiger partial charge >= 0.3 is 0 Å². The third kappa shape index (κ3) is 2.50. The number of fused-ring (bicyclic) bond motifs is 2. The highest BCUT2D eigenvalue weighted by Crippen LogP contribution is 2.30. The molecule has 1 amide bonds. The minimum atomic E-state index is -0.0114. The van der Waals surface area contributed by atoms with Crippen LogP contribution in [0.3, 0.4) is 0 Å². The normalized spacial score (nSPS) is 13.8. The number of hydrogen-bond acceptors (Lipinski definition) is 3. The number of rotatable bonds is 2. The molecular formula is C18H16N2OS. The quantitative estimate of drug-likeness (QED) is 0.761. The molecule has 0 bridgehead atoms. The minimum absolute atomic E-state index is 0.0114. The lowest BCUT2D eigenvalue weighted by molar-refractivity contribution is 0.103. The van der Waals surface area contributed by atoms with Crippen LogP contribution in [0.4, 0.5) is 5.69 Å². The Balaban J connectivity index is 1.58. The molecule has 0 saturated carbocycles. The fourth-order valence-electron chi connectivity index (χ4n) is 2.95. The summed E-state index contributed by atoms with van der Waals surface area (Å²) in [6, 6.07) is 11.8. The van der Waals surface area contributed by atoms with Crippen LogP contribution in [0.15, 0.2) is 42.6 Å². The van der Waals surface area contributed by atoms with Crippen molar-refractivity contribution >= 4 is 33.8 Å². The van der Waals surface area contributed by atoms with E-state index in [0.29, 0.717) is 0 Å². The van der Waals surface area contributed by atoms with Crippen LogP contribution in [0.5, 0.6) is 0 Å². The molecular weight excluding hydrogens is 292 g/mol. The van der Waals surface area contributed by atoms with Crippen LogP contribution in [-0.4, -0.2) is 10.9 Å². The average molecular weight is 308 g/mol. The molecule has 4 heteroatoms. The number of carbonyl (C=O) groups excluding carboxylic acids is 1. The van der Waals surface area contributed by atoms with Gasteiger partial charge in [0.1, 0.15) is 0 Å². The van der Waals surface area contributed by atoms with Crippen molar-refractivity contribution in [2.45, 2.75) is 25.7 Å². The lowest BCUT2D eigenvalue weighted by atomic mass is 9.99. The number of aromatic nitrogens is 1. The molecule has 2 aromatic heterocycles. The summed E-state index contributed by atoms with van der Waals surface area (Å²) < 4.78 is 0. The molecule has 1 aromatic carbocycles. The van der Waals surface area contributed by atoms with Crippen LogP contribution in [0.2, 0.25) is 0 Å². The first kappa shape index (κ1) is 13.5. The highest BCUT2D eigenvalue weighted by atomic mass is 32.1. The Morgan fingerprint density at radius 2 is 2.05 bits per heavy atom. The largest absolute Gasteiger partial charge is 0.321 e. The van der Waals surface area contributed by atoms with E-state index in [-0.39, 0.29) is 5.91 Å². The molecule has 1 aliphatic rings. The second kappa shape index (κ2) is 5.54. The van der Waals surface area contributed by atoms with E-state index >= 15 is 0 Å². The minimum Gasteiger partial charge on any atom is -0.321 e. The first-order valence-electron chi connectivity index (χ1n) is 7.57. The lowest BCUT2D eigenvalue weighted by Gasteiger charge is -2.08. The van der Waals surface area contributed by atoms with Gasteiger partial charge in [0, 0.05) is 22.1 Å². The standard InChI is InChI=1S/C18H16N2OS/c21-18(17-11-13-4-1-2-6-16(13)22-17)20-14-7-8-15-12(10-14)5-3-9-19-15/h3,5,7-11H,1-2,4,6H2,(H,20,21). The Morgan fingerprint density at radius 1 is 1.14 bits per heavy atom. The Hall–Kier alpha value is -2.20. The van der Waals surface area contributed by atoms with E-state index in [2.05, 4.69) is 16.4 Å². The van der Waals surface area contributed by atoms with Crippen LogP contribution in [0.25, 0.3) is 10.9 Å². The first-order chi connectivity index (χ1) is 10.8. The van der Waals surface area contributed by atoms with Crippen LogP contribution in [-0.2, 0) is 12.8 Å². The Bertz CT molecular complexity index is 830. The van der Waals surface area contributed by atoms with E-state index in [0.717, 1.165) is 34.3 Å². The average Bonchev–Trinajstić information content (AvgIpc) is 2.99. The van der Waals surface area contributed by atoms with Crippen LogP contribution >= 0.6 is 11.3 Å². The molecule has 2 heterocycles. The third-order valence-electron chi connectivity index (χ3n) is 4.08. The molecule has 0 aliphatic heterocycles. The summed E-state index contributed by atoms with van der Waals surface area (Å²) in [5.74, 6) is -0.0114. The zero-order chi connectivity index (χ0) is 14.9. The number of pyridine rings is 1. The van der Waals surface area contributed by atoms with Crippen molar-refractivity contribution < 1.29 is 4.79 Å². The summed E-state index contributed by atoms with van der Waals surface area (Å²) >= 11 is 1.64. The van der Waals surface area contributed by atoms with Gasteiger partial charge in [0.25, 0.3) is 5.91 Å². The van der Waals surface area contributed by atoms with E-state index in [4.69, 9.17) is 0 Å². The van der Waals surface area contributed by atoms with Gasteiger partial charge in [-0.2, -0.15) is 0 Å². The number of carbonyl (C=O) groups is 1. The summed E-state index contributed by atoms with van der Waals surface area (Å²) in [6.45, 7) is 0. The van der Waals surface area contributed by atoms with Crippen LogP contribution in [0.1, 0.15) is 33.0 Å². The van der Waals surface area contributed by atoms with Gasteiger partial charge in [-0.05, 0) is 61.6 Å². The maximum absolute atomic E-state index is 12.5. The van der Waals surface area contributed by atoms with Crippen LogP contribution in [0, 0.1) is 0 Å². The number of amides is 1. The predicted molar refractivity (Wildman–Crippen MR) is 90.7 cm³/mol. The molecule has 110 valence electrons. The SMILES string of the molecule is O=C(Nc1ccc2ncccc2c1)c1cc2c(s1)CCCC2. The van der Waals surface area contributed by atoms with Crippen molar-refractivity contribution in [2.75, 3.05) is 5.32 Å². The van der Waals surface area contributed by atoms with Crippen molar-refractivity contribution in [2.24, 2.45) is 0 Å². The van der Waals surface area contributed by atoms with Gasteiger partial charge in [0.2, 0.25) is 0 Å². The fourth-order valence-corrected chi connectivity index (χ4v) is 4.10. The van der Waals surface area contributed by atoms with E-state index in [1.54, 1.807) is 17.5 Å². The van der Waals surface area contributed by atoms with Gasteiger partial charge in [-0.1, -0.05) is 6.07 Å². The van der Waals surface area contributed by atoms with Gasteiger partial charge in [-0.3, -0.25) is 9.78 Å². The van der Waals surface area contributed by atoms with E-state index in [1.807, 2.05) is 30.3 Å². The third-order valence-corrected chi connectivity index (χ3v) is 5.32. The predicted octanol–water partition coefficient (Wildman–Crippen LogP) is 4.43. The molecule has 0 atom stereocenters. The highest BCUT2D eigenvalue weighted by Gasteiger charge is 2.17. The molecule has 1 N–H and O–H groups in total. The molecule has 22 heavy (non-hydrogen) atoms.